The lowest BCUT2D eigenvalue weighted by Gasteiger charge is -2.38. The van der Waals surface area contributed by atoms with E-state index in [-0.39, 0.29) is 25.6 Å². The fraction of sp³-hybridized carbons (Fsp3) is 0.600. The van der Waals surface area contributed by atoms with Crippen LogP contribution in [-0.4, -0.2) is 75.9 Å². The van der Waals surface area contributed by atoms with E-state index in [2.05, 4.69) is 35.8 Å². The van der Waals surface area contributed by atoms with Gasteiger partial charge in [0.1, 0.15) is 24.0 Å². The highest BCUT2D eigenvalue weighted by molar-refractivity contribution is 5.49. The van der Waals surface area contributed by atoms with Gasteiger partial charge in [0.25, 0.3) is 0 Å². The molecule has 3 aliphatic rings. The average Bonchev–Trinajstić information content (AvgIpc) is 3.36. The minimum Gasteiger partial charge on any atom is -0.491 e. The third-order valence-electron chi connectivity index (χ3n) is 8.08. The molecule has 3 fully saturated rings. The number of hydrogen-bond donors (Lipinski definition) is 0. The summed E-state index contributed by atoms with van der Waals surface area (Å²) in [6.07, 6.45) is 2.86. The van der Waals surface area contributed by atoms with Crippen LogP contribution in [0, 0.1) is 11.6 Å². The molecule has 0 amide bonds. The van der Waals surface area contributed by atoms with Crippen LogP contribution in [0.15, 0.2) is 42.5 Å². The zero-order chi connectivity index (χ0) is 26.5. The molecule has 2 aromatic carbocycles. The predicted octanol–water partition coefficient (Wildman–Crippen LogP) is 5.14. The van der Waals surface area contributed by atoms with Gasteiger partial charge >= 0.3 is 0 Å². The molecule has 0 N–H and O–H groups in total. The van der Waals surface area contributed by atoms with Crippen LogP contribution in [0.1, 0.15) is 45.1 Å². The van der Waals surface area contributed by atoms with E-state index in [0.717, 1.165) is 57.3 Å². The average molecular weight is 531 g/mol. The molecule has 208 valence electrons. The molecule has 38 heavy (non-hydrogen) atoms. The Kier molecular flexibility index (Phi) is 8.83. The van der Waals surface area contributed by atoms with Gasteiger partial charge in [-0.1, -0.05) is 6.07 Å². The van der Waals surface area contributed by atoms with Crippen molar-refractivity contribution in [3.8, 4) is 5.75 Å². The van der Waals surface area contributed by atoms with Crippen molar-refractivity contribution in [3.63, 3.8) is 0 Å². The first-order valence-electron chi connectivity index (χ1n) is 13.9. The van der Waals surface area contributed by atoms with Gasteiger partial charge < -0.3 is 23.8 Å². The van der Waals surface area contributed by atoms with Gasteiger partial charge in [-0.2, -0.15) is 0 Å². The number of nitrogens with zero attached hydrogens (tertiary/aromatic N) is 2. The summed E-state index contributed by atoms with van der Waals surface area (Å²) in [5.74, 6) is -0.398. The van der Waals surface area contributed by atoms with Crippen molar-refractivity contribution in [1.82, 2.24) is 4.90 Å². The van der Waals surface area contributed by atoms with Crippen molar-refractivity contribution < 1.29 is 27.7 Å². The molecule has 3 atom stereocenters. The lowest BCUT2D eigenvalue weighted by Crippen LogP contribution is -2.48. The number of piperazine rings is 1. The van der Waals surface area contributed by atoms with Gasteiger partial charge in [-0.05, 0) is 75.4 Å². The number of anilines is 1. The monoisotopic (exact) mass is 530 g/mol. The summed E-state index contributed by atoms with van der Waals surface area (Å²) in [5.41, 5.74) is 0.888. The Bertz CT molecular complexity index is 1040. The summed E-state index contributed by atoms with van der Waals surface area (Å²) in [6, 6.07) is 12.5. The van der Waals surface area contributed by atoms with Gasteiger partial charge in [0.05, 0.1) is 19.3 Å². The van der Waals surface area contributed by atoms with Crippen molar-refractivity contribution in [2.24, 2.45) is 0 Å². The van der Waals surface area contributed by atoms with Gasteiger partial charge in [0.2, 0.25) is 0 Å². The molecule has 8 heteroatoms. The van der Waals surface area contributed by atoms with E-state index < -0.39 is 17.0 Å². The summed E-state index contributed by atoms with van der Waals surface area (Å²) >= 11 is 0. The molecule has 0 saturated carbocycles. The SMILES string of the molecule is CC(C)N1CCN(c2ccc(OCC3CC(COC4CCCCO4)(c4ccc(F)cc4F)CO3)cc2)CC1. The maximum absolute atomic E-state index is 14.9. The Morgan fingerprint density at radius 3 is 2.47 bits per heavy atom. The molecular weight excluding hydrogens is 490 g/mol. The van der Waals surface area contributed by atoms with Gasteiger partial charge in [-0.25, -0.2) is 8.78 Å². The predicted molar refractivity (Wildman–Crippen MR) is 143 cm³/mol. The molecule has 0 bridgehead atoms. The van der Waals surface area contributed by atoms with Crippen LogP contribution in [0.25, 0.3) is 0 Å². The molecule has 3 aliphatic heterocycles. The van der Waals surface area contributed by atoms with Crippen LogP contribution in [-0.2, 0) is 19.6 Å². The molecule has 6 nitrogen and oxygen atoms in total. The largest absolute Gasteiger partial charge is 0.491 e. The van der Waals surface area contributed by atoms with Crippen LogP contribution < -0.4 is 9.64 Å². The maximum atomic E-state index is 14.9. The van der Waals surface area contributed by atoms with E-state index in [4.69, 9.17) is 18.9 Å². The number of benzene rings is 2. The van der Waals surface area contributed by atoms with Gasteiger partial charge in [-0.3, -0.25) is 4.90 Å². The van der Waals surface area contributed by atoms with Gasteiger partial charge in [0.15, 0.2) is 6.29 Å². The smallest absolute Gasteiger partial charge is 0.157 e. The molecular formula is C30H40F2N2O4. The molecule has 3 saturated heterocycles. The number of rotatable bonds is 9. The van der Waals surface area contributed by atoms with Crippen LogP contribution in [0.2, 0.25) is 0 Å². The first-order valence-corrected chi connectivity index (χ1v) is 13.9. The lowest BCUT2D eigenvalue weighted by atomic mass is 9.79. The Morgan fingerprint density at radius 2 is 1.79 bits per heavy atom. The van der Waals surface area contributed by atoms with Crippen LogP contribution in [0.5, 0.6) is 5.75 Å². The van der Waals surface area contributed by atoms with Gasteiger partial charge in [-0.15, -0.1) is 0 Å². The second-order valence-corrected chi connectivity index (χ2v) is 11.1. The summed E-state index contributed by atoms with van der Waals surface area (Å²) < 4.78 is 52.6. The third-order valence-corrected chi connectivity index (χ3v) is 8.08. The molecule has 3 unspecified atom stereocenters. The lowest BCUT2D eigenvalue weighted by molar-refractivity contribution is -0.172. The minimum absolute atomic E-state index is 0.237. The van der Waals surface area contributed by atoms with Crippen molar-refractivity contribution in [2.45, 2.75) is 63.4 Å². The van der Waals surface area contributed by atoms with Crippen molar-refractivity contribution in [2.75, 3.05) is 57.5 Å². The second-order valence-electron chi connectivity index (χ2n) is 11.1. The quantitative estimate of drug-likeness (QED) is 0.447. The normalized spacial score (nSPS) is 26.7. The summed E-state index contributed by atoms with van der Waals surface area (Å²) in [4.78, 5) is 4.91. The third kappa shape index (κ3) is 6.47. The highest BCUT2D eigenvalue weighted by atomic mass is 19.1. The fourth-order valence-corrected chi connectivity index (χ4v) is 5.76. The highest BCUT2D eigenvalue weighted by Gasteiger charge is 2.44. The van der Waals surface area contributed by atoms with Gasteiger partial charge in [0, 0.05) is 56.0 Å². The molecule has 5 rings (SSSR count). The van der Waals surface area contributed by atoms with E-state index in [1.807, 2.05) is 12.1 Å². The molecule has 3 heterocycles. The van der Waals surface area contributed by atoms with E-state index >= 15 is 0 Å². The van der Waals surface area contributed by atoms with Crippen molar-refractivity contribution in [3.05, 3.63) is 59.7 Å². The standard InChI is InChI=1S/C30H40F2N2O4/c1-22(2)33-12-14-34(15-13-33)24-7-9-25(10-8-24)36-19-26-18-30(20-37-26,21-38-29-5-3-4-16-35-29)27-11-6-23(31)17-28(27)32/h6-11,17,22,26,29H,3-5,12-16,18-21H2,1-2H3. The molecule has 0 aliphatic carbocycles. The van der Waals surface area contributed by atoms with Crippen LogP contribution in [0.3, 0.4) is 0 Å². The zero-order valence-electron chi connectivity index (χ0n) is 22.5. The minimum atomic E-state index is -0.728. The van der Waals surface area contributed by atoms with Crippen molar-refractivity contribution >= 4 is 5.69 Å². The molecule has 0 spiro atoms. The Morgan fingerprint density at radius 1 is 1.00 bits per heavy atom. The Labute approximate surface area is 224 Å². The number of hydrogen-bond acceptors (Lipinski definition) is 6. The van der Waals surface area contributed by atoms with E-state index in [9.17, 15) is 8.78 Å². The topological polar surface area (TPSA) is 43.4 Å². The highest BCUT2D eigenvalue weighted by Crippen LogP contribution is 2.39. The number of ether oxygens (including phenoxy) is 4. The van der Waals surface area contributed by atoms with E-state index in [0.29, 0.717) is 31.2 Å². The second kappa shape index (κ2) is 12.3. The molecule has 0 radical (unpaired) electrons. The zero-order valence-corrected chi connectivity index (χ0v) is 22.5. The van der Waals surface area contributed by atoms with Crippen molar-refractivity contribution in [1.29, 1.82) is 0 Å². The summed E-state index contributed by atoms with van der Waals surface area (Å²) in [6.45, 7) is 10.2. The first-order chi connectivity index (χ1) is 18.4. The Balaban J connectivity index is 1.19. The first kappa shape index (κ1) is 27.3. The van der Waals surface area contributed by atoms with Crippen LogP contribution in [0.4, 0.5) is 14.5 Å². The fourth-order valence-electron chi connectivity index (χ4n) is 5.76. The number of halogens is 2. The summed E-state index contributed by atoms with van der Waals surface area (Å²) in [5, 5.41) is 0. The van der Waals surface area contributed by atoms with E-state index in [1.54, 1.807) is 0 Å². The summed E-state index contributed by atoms with van der Waals surface area (Å²) in [7, 11) is 0. The maximum Gasteiger partial charge on any atom is 0.157 e. The molecule has 0 aromatic heterocycles. The van der Waals surface area contributed by atoms with E-state index in [1.165, 1.54) is 17.8 Å². The Hall–Kier alpha value is -2.26. The molecule has 2 aromatic rings. The van der Waals surface area contributed by atoms with Crippen LogP contribution >= 0.6 is 0 Å².